The number of hydrogen-bond donors (Lipinski definition) is 0. The van der Waals surface area contributed by atoms with Gasteiger partial charge >= 0.3 is 0 Å². The first-order valence-electron chi connectivity index (χ1n) is 27.2. The van der Waals surface area contributed by atoms with Gasteiger partial charge in [-0.2, -0.15) is 0 Å². The highest BCUT2D eigenvalue weighted by Gasteiger charge is 2.25. The van der Waals surface area contributed by atoms with Crippen molar-refractivity contribution in [3.05, 3.63) is 267 Å². The Labute approximate surface area is 448 Å². The van der Waals surface area contributed by atoms with Crippen LogP contribution >= 0.6 is 0 Å². The highest BCUT2D eigenvalue weighted by Crippen LogP contribution is 2.50. The van der Waals surface area contributed by atoms with Crippen LogP contribution in [0.1, 0.15) is 0 Å². The van der Waals surface area contributed by atoms with E-state index in [4.69, 9.17) is 0 Å². The second kappa shape index (κ2) is 15.6. The Hall–Kier alpha value is -10.3. The average Bonchev–Trinajstić information content (AvgIpc) is 4.05. The monoisotopic (exact) mass is 984 g/mol. The van der Waals surface area contributed by atoms with Crippen molar-refractivity contribution in [1.29, 1.82) is 0 Å². The first-order chi connectivity index (χ1) is 38.8. The van der Waals surface area contributed by atoms with Crippen LogP contribution < -0.4 is 0 Å². The Bertz CT molecular complexity index is 5560. The third-order valence-corrected chi connectivity index (χ3v) is 17.6. The molecule has 0 atom stereocenters. The Morgan fingerprint density at radius 2 is 0.538 bits per heavy atom. The number of benzene rings is 14. The Morgan fingerprint density at radius 1 is 0.179 bits per heavy atom. The molecule has 2 heteroatoms. The molecule has 0 aliphatic carbocycles. The van der Waals surface area contributed by atoms with E-state index in [1.54, 1.807) is 0 Å². The van der Waals surface area contributed by atoms with Gasteiger partial charge in [0.1, 0.15) is 0 Å². The van der Waals surface area contributed by atoms with E-state index in [2.05, 4.69) is 276 Å². The van der Waals surface area contributed by atoms with Crippen molar-refractivity contribution in [3.8, 4) is 55.6 Å². The normalized spacial score (nSPS) is 12.4. The molecule has 0 aliphatic heterocycles. The molecule has 0 aliphatic rings. The lowest BCUT2D eigenvalue weighted by molar-refractivity contribution is 1.37. The molecule has 0 bridgehead atoms. The number of hydrogen-bond acceptors (Lipinski definition) is 0. The maximum Gasteiger partial charge on any atom is 0.0626 e. The molecule has 4 heterocycles. The fraction of sp³-hybridized carbons (Fsp3) is 0. The van der Waals surface area contributed by atoms with E-state index < -0.39 is 0 Å². The molecule has 2 nitrogen and oxygen atoms in total. The zero-order chi connectivity index (χ0) is 50.7. The lowest BCUT2D eigenvalue weighted by Crippen LogP contribution is -1.92. The number of nitrogens with zero attached hydrogens (tertiary/aromatic N) is 2. The first kappa shape index (κ1) is 42.0. The number of para-hydroxylation sites is 4. The molecule has 0 fully saturated rings. The van der Waals surface area contributed by atoms with Crippen LogP contribution in [-0.4, -0.2) is 8.80 Å². The van der Waals surface area contributed by atoms with E-state index in [9.17, 15) is 0 Å². The van der Waals surface area contributed by atoms with Gasteiger partial charge in [-0.25, -0.2) is 0 Å². The smallest absolute Gasteiger partial charge is 0.0626 e. The Morgan fingerprint density at radius 3 is 1.13 bits per heavy atom. The van der Waals surface area contributed by atoms with Gasteiger partial charge in [0.05, 0.1) is 33.1 Å². The maximum absolute atomic E-state index is 2.50. The van der Waals surface area contributed by atoms with Crippen LogP contribution in [0.15, 0.2) is 267 Å². The van der Waals surface area contributed by atoms with Crippen molar-refractivity contribution >= 4 is 119 Å². The van der Waals surface area contributed by atoms with Crippen molar-refractivity contribution < 1.29 is 0 Å². The van der Waals surface area contributed by atoms with Gasteiger partial charge in [-0.3, -0.25) is 0 Å². The van der Waals surface area contributed by atoms with E-state index in [0.29, 0.717) is 0 Å². The first-order valence-corrected chi connectivity index (χ1v) is 27.2. The number of rotatable bonds is 5. The van der Waals surface area contributed by atoms with E-state index in [1.165, 1.54) is 175 Å². The maximum atomic E-state index is 2.50. The molecule has 0 saturated carbocycles. The average molecular weight is 985 g/mol. The minimum atomic E-state index is 1.21. The second-order valence-corrected chi connectivity index (χ2v) is 21.3. The van der Waals surface area contributed by atoms with E-state index in [0.717, 1.165) is 0 Å². The summed E-state index contributed by atoms with van der Waals surface area (Å²) in [5, 5.41) is 20.3. The van der Waals surface area contributed by atoms with Crippen molar-refractivity contribution in [2.45, 2.75) is 0 Å². The molecule has 0 radical (unpaired) electrons. The lowest BCUT2D eigenvalue weighted by atomic mass is 9.84. The van der Waals surface area contributed by atoms with Crippen LogP contribution in [0.25, 0.3) is 175 Å². The summed E-state index contributed by atoms with van der Waals surface area (Å²) in [5.41, 5.74) is 19.9. The summed E-state index contributed by atoms with van der Waals surface area (Å²) < 4.78 is 4.97. The molecule has 0 amide bonds. The predicted molar refractivity (Wildman–Crippen MR) is 333 cm³/mol. The van der Waals surface area contributed by atoms with Crippen LogP contribution in [-0.2, 0) is 0 Å². The summed E-state index contributed by atoms with van der Waals surface area (Å²) in [7, 11) is 0. The third-order valence-electron chi connectivity index (χ3n) is 17.6. The minimum Gasteiger partial charge on any atom is -0.308 e. The van der Waals surface area contributed by atoms with Gasteiger partial charge in [0.2, 0.25) is 0 Å². The van der Waals surface area contributed by atoms with Gasteiger partial charge in [0, 0.05) is 43.1 Å². The van der Waals surface area contributed by atoms with Crippen LogP contribution in [0.3, 0.4) is 0 Å². The standard InChI is InChI=1S/C76H44N2/c1-2-18-45(19-3-1)72-59-29-14-27-50(52-38-40-54(48-22-6-4-20-46(48)52)58-31-17-37-71-73(58)65-33-16-32-62-56-24-8-12-35-69(56)78(71)75(62)65)66(59)44-67-51(28-15-30-60(67)72)53-39-41-55(49-23-7-5-21-47(49)53)61-42-43-63-57-25-9-11-34-68(57)77-70-36-13-10-26-64(70)74(61)76(63)77/h1-44H. The lowest BCUT2D eigenvalue weighted by Gasteiger charge is -2.19. The molecule has 0 unspecified atom stereocenters. The molecule has 358 valence electrons. The van der Waals surface area contributed by atoms with Crippen molar-refractivity contribution in [3.63, 3.8) is 0 Å². The summed E-state index contributed by atoms with van der Waals surface area (Å²) in [5.74, 6) is 0. The molecule has 14 aromatic carbocycles. The number of fused-ring (bicyclic) bond motifs is 16. The Balaban J connectivity index is 0.865. The van der Waals surface area contributed by atoms with Gasteiger partial charge < -0.3 is 8.80 Å². The van der Waals surface area contributed by atoms with Crippen LogP contribution in [0, 0.1) is 0 Å². The summed E-state index contributed by atoms with van der Waals surface area (Å²) in [4.78, 5) is 0. The molecule has 0 N–H and O–H groups in total. The minimum absolute atomic E-state index is 1.21. The summed E-state index contributed by atoms with van der Waals surface area (Å²) in [6.07, 6.45) is 0. The number of aromatic nitrogens is 2. The molecule has 4 aromatic heterocycles. The summed E-state index contributed by atoms with van der Waals surface area (Å²) >= 11 is 0. The van der Waals surface area contributed by atoms with Gasteiger partial charge in [0.25, 0.3) is 0 Å². The van der Waals surface area contributed by atoms with Crippen molar-refractivity contribution in [2.24, 2.45) is 0 Å². The highest BCUT2D eigenvalue weighted by atomic mass is 14.9. The van der Waals surface area contributed by atoms with Gasteiger partial charge in [-0.15, -0.1) is 0 Å². The molecule has 78 heavy (non-hydrogen) atoms. The SMILES string of the molecule is c1ccc(-c2c3cccc(-c4ccc(-c5cccc6c5c5cccc7c8ccccc8n6c75)c5ccccc45)c3cc3c(-c4ccc(-c5ccc6c7ccccc7n7c8ccccc8c5c67)c5ccccc45)cccc23)cc1. The zero-order valence-corrected chi connectivity index (χ0v) is 42.3. The topological polar surface area (TPSA) is 8.82 Å². The van der Waals surface area contributed by atoms with E-state index in [1.807, 2.05) is 0 Å². The van der Waals surface area contributed by atoms with Crippen LogP contribution in [0.4, 0.5) is 0 Å². The van der Waals surface area contributed by atoms with Crippen LogP contribution in [0.5, 0.6) is 0 Å². The fourth-order valence-corrected chi connectivity index (χ4v) is 14.5. The van der Waals surface area contributed by atoms with Gasteiger partial charge in [-0.1, -0.05) is 237 Å². The predicted octanol–water partition coefficient (Wildman–Crippen LogP) is 20.9. The molecule has 18 rings (SSSR count). The quantitative estimate of drug-likeness (QED) is 0.152. The fourth-order valence-electron chi connectivity index (χ4n) is 14.5. The second-order valence-electron chi connectivity index (χ2n) is 21.3. The Kier molecular flexibility index (Phi) is 8.42. The molecular formula is C76H44N2. The van der Waals surface area contributed by atoms with Gasteiger partial charge in [-0.05, 0) is 129 Å². The third kappa shape index (κ3) is 5.50. The van der Waals surface area contributed by atoms with Gasteiger partial charge in [0.15, 0.2) is 0 Å². The molecular weight excluding hydrogens is 941 g/mol. The summed E-state index contributed by atoms with van der Waals surface area (Å²) in [6, 6.07) is 100. The molecule has 18 aromatic rings. The largest absolute Gasteiger partial charge is 0.308 e. The summed E-state index contributed by atoms with van der Waals surface area (Å²) in [6.45, 7) is 0. The highest BCUT2D eigenvalue weighted by molar-refractivity contribution is 6.30. The van der Waals surface area contributed by atoms with Crippen molar-refractivity contribution in [2.75, 3.05) is 0 Å². The van der Waals surface area contributed by atoms with Crippen LogP contribution in [0.2, 0.25) is 0 Å². The molecule has 0 spiro atoms. The zero-order valence-electron chi connectivity index (χ0n) is 42.3. The van der Waals surface area contributed by atoms with Crippen molar-refractivity contribution in [1.82, 2.24) is 8.80 Å². The van der Waals surface area contributed by atoms with E-state index in [-0.39, 0.29) is 0 Å². The van der Waals surface area contributed by atoms with E-state index >= 15 is 0 Å². The molecule has 0 saturated heterocycles.